The van der Waals surface area contributed by atoms with Crippen LogP contribution in [0.25, 0.3) is 11.5 Å². The number of carbonyl (C=O) groups excluding carboxylic acids is 1. The second kappa shape index (κ2) is 5.43. The van der Waals surface area contributed by atoms with Crippen LogP contribution in [0.4, 0.5) is 0 Å². The summed E-state index contributed by atoms with van der Waals surface area (Å²) >= 11 is 0. The standard InChI is InChI=1S/C14H14N2O5/c17-13(15-9-4-1-3-8(9)14(18)19)10-7-12(21-16-10)11-5-2-6-20-11/h2,5-9H,1,3-4H2,(H,15,17)(H,18,19). The summed E-state index contributed by atoms with van der Waals surface area (Å²) in [6, 6.07) is 4.50. The molecule has 0 saturated heterocycles. The summed E-state index contributed by atoms with van der Waals surface area (Å²) in [6.45, 7) is 0. The van der Waals surface area contributed by atoms with Crippen molar-refractivity contribution < 1.29 is 23.6 Å². The number of amides is 1. The van der Waals surface area contributed by atoms with Gasteiger partial charge in [-0.3, -0.25) is 9.59 Å². The number of nitrogens with one attached hydrogen (secondary N) is 1. The van der Waals surface area contributed by atoms with Crippen molar-refractivity contribution in [2.75, 3.05) is 0 Å². The fourth-order valence-corrected chi connectivity index (χ4v) is 2.59. The summed E-state index contributed by atoms with van der Waals surface area (Å²) in [5.74, 6) is -1.02. The Kier molecular flexibility index (Phi) is 3.47. The van der Waals surface area contributed by atoms with Gasteiger partial charge in [-0.25, -0.2) is 0 Å². The zero-order valence-electron chi connectivity index (χ0n) is 11.1. The highest BCUT2D eigenvalue weighted by Crippen LogP contribution is 2.26. The monoisotopic (exact) mass is 290 g/mol. The minimum absolute atomic E-state index is 0.109. The van der Waals surface area contributed by atoms with E-state index in [1.165, 1.54) is 12.3 Å². The van der Waals surface area contributed by atoms with Gasteiger partial charge in [0.15, 0.2) is 11.5 Å². The third kappa shape index (κ3) is 2.67. The summed E-state index contributed by atoms with van der Waals surface area (Å²) < 4.78 is 10.2. The Morgan fingerprint density at radius 1 is 1.33 bits per heavy atom. The van der Waals surface area contributed by atoms with Crippen LogP contribution in [-0.4, -0.2) is 28.2 Å². The van der Waals surface area contributed by atoms with Crippen LogP contribution in [0, 0.1) is 5.92 Å². The molecule has 1 saturated carbocycles. The predicted octanol–water partition coefficient (Wildman–Crippen LogP) is 1.92. The number of rotatable bonds is 4. The van der Waals surface area contributed by atoms with Gasteiger partial charge in [-0.15, -0.1) is 0 Å². The van der Waals surface area contributed by atoms with Gasteiger partial charge < -0.3 is 19.4 Å². The maximum Gasteiger partial charge on any atom is 0.308 e. The largest absolute Gasteiger partial charge is 0.481 e. The van der Waals surface area contributed by atoms with Crippen LogP contribution >= 0.6 is 0 Å². The fourth-order valence-electron chi connectivity index (χ4n) is 2.59. The van der Waals surface area contributed by atoms with Crippen LogP contribution in [0.15, 0.2) is 33.4 Å². The Hall–Kier alpha value is -2.57. The second-order valence-corrected chi connectivity index (χ2v) is 5.01. The molecule has 0 radical (unpaired) electrons. The smallest absolute Gasteiger partial charge is 0.308 e. The lowest BCUT2D eigenvalue weighted by Gasteiger charge is -2.16. The first kappa shape index (κ1) is 13.4. The Bertz CT molecular complexity index is 646. The van der Waals surface area contributed by atoms with Crippen molar-refractivity contribution in [3.63, 3.8) is 0 Å². The molecule has 0 bridgehead atoms. The summed E-state index contributed by atoms with van der Waals surface area (Å²) in [7, 11) is 0. The number of carboxylic acids is 1. The first-order valence-corrected chi connectivity index (χ1v) is 6.69. The molecule has 0 aliphatic heterocycles. The first-order valence-electron chi connectivity index (χ1n) is 6.69. The Morgan fingerprint density at radius 2 is 2.19 bits per heavy atom. The molecule has 2 heterocycles. The molecule has 2 atom stereocenters. The molecule has 1 aliphatic carbocycles. The zero-order valence-corrected chi connectivity index (χ0v) is 11.1. The average molecular weight is 290 g/mol. The minimum atomic E-state index is -0.880. The van der Waals surface area contributed by atoms with Crippen LogP contribution < -0.4 is 5.32 Å². The molecular weight excluding hydrogens is 276 g/mol. The van der Waals surface area contributed by atoms with Gasteiger partial charge in [0.1, 0.15) is 0 Å². The number of aliphatic carboxylic acids is 1. The molecule has 1 aliphatic rings. The van der Waals surface area contributed by atoms with E-state index in [9.17, 15) is 9.59 Å². The predicted molar refractivity (Wildman–Crippen MR) is 70.4 cm³/mol. The lowest BCUT2D eigenvalue weighted by atomic mass is 10.0. The molecule has 1 amide bonds. The third-order valence-corrected chi connectivity index (χ3v) is 3.66. The Labute approximate surface area is 119 Å². The Balaban J connectivity index is 1.70. The van der Waals surface area contributed by atoms with E-state index >= 15 is 0 Å². The molecule has 1 fully saturated rings. The topological polar surface area (TPSA) is 106 Å². The molecule has 7 heteroatoms. The van der Waals surface area contributed by atoms with Crippen molar-refractivity contribution in [2.45, 2.75) is 25.3 Å². The molecule has 7 nitrogen and oxygen atoms in total. The number of hydrogen-bond donors (Lipinski definition) is 2. The third-order valence-electron chi connectivity index (χ3n) is 3.66. The normalized spacial score (nSPS) is 21.3. The lowest BCUT2D eigenvalue weighted by Crippen LogP contribution is -2.40. The second-order valence-electron chi connectivity index (χ2n) is 5.01. The fraction of sp³-hybridized carbons (Fsp3) is 0.357. The van der Waals surface area contributed by atoms with E-state index in [0.29, 0.717) is 24.4 Å². The van der Waals surface area contributed by atoms with E-state index in [1.807, 2.05) is 0 Å². The van der Waals surface area contributed by atoms with Gasteiger partial charge >= 0.3 is 5.97 Å². The van der Waals surface area contributed by atoms with Crippen molar-refractivity contribution in [3.8, 4) is 11.5 Å². The molecular formula is C14H14N2O5. The summed E-state index contributed by atoms with van der Waals surface area (Å²) in [6.07, 6.45) is 3.52. The highest BCUT2D eigenvalue weighted by atomic mass is 16.5. The zero-order chi connectivity index (χ0) is 14.8. The molecule has 21 heavy (non-hydrogen) atoms. The summed E-state index contributed by atoms with van der Waals surface area (Å²) in [4.78, 5) is 23.2. The first-order chi connectivity index (χ1) is 10.1. The maximum atomic E-state index is 12.1. The van der Waals surface area contributed by atoms with Crippen molar-refractivity contribution in [2.24, 2.45) is 5.92 Å². The van der Waals surface area contributed by atoms with E-state index in [0.717, 1.165) is 6.42 Å². The summed E-state index contributed by atoms with van der Waals surface area (Å²) in [5.41, 5.74) is 0.109. The van der Waals surface area contributed by atoms with E-state index < -0.39 is 17.8 Å². The van der Waals surface area contributed by atoms with Gasteiger partial charge in [0.05, 0.1) is 12.2 Å². The Morgan fingerprint density at radius 3 is 2.90 bits per heavy atom. The highest BCUT2D eigenvalue weighted by Gasteiger charge is 2.34. The van der Waals surface area contributed by atoms with Crippen LogP contribution in [0.5, 0.6) is 0 Å². The van der Waals surface area contributed by atoms with Crippen LogP contribution in [-0.2, 0) is 4.79 Å². The van der Waals surface area contributed by atoms with Gasteiger partial charge in [-0.05, 0) is 25.0 Å². The number of hydrogen-bond acceptors (Lipinski definition) is 5. The minimum Gasteiger partial charge on any atom is -0.481 e. The van der Waals surface area contributed by atoms with Crippen LogP contribution in [0.1, 0.15) is 29.8 Å². The van der Waals surface area contributed by atoms with Gasteiger partial charge in [0.2, 0.25) is 5.76 Å². The number of nitrogens with zero attached hydrogens (tertiary/aromatic N) is 1. The van der Waals surface area contributed by atoms with Gasteiger partial charge in [-0.1, -0.05) is 11.6 Å². The van der Waals surface area contributed by atoms with Gasteiger partial charge in [0.25, 0.3) is 5.91 Å². The lowest BCUT2D eigenvalue weighted by molar-refractivity contribution is -0.142. The highest BCUT2D eigenvalue weighted by molar-refractivity contribution is 5.93. The van der Waals surface area contributed by atoms with Gasteiger partial charge in [0, 0.05) is 12.1 Å². The summed E-state index contributed by atoms with van der Waals surface area (Å²) in [5, 5.41) is 15.5. The number of carbonyl (C=O) groups is 2. The van der Waals surface area contributed by atoms with Crippen molar-refractivity contribution in [1.29, 1.82) is 0 Å². The van der Waals surface area contributed by atoms with Crippen molar-refractivity contribution in [3.05, 3.63) is 30.2 Å². The van der Waals surface area contributed by atoms with Crippen LogP contribution in [0.2, 0.25) is 0 Å². The van der Waals surface area contributed by atoms with E-state index in [4.69, 9.17) is 14.0 Å². The molecule has 0 aromatic carbocycles. The van der Waals surface area contributed by atoms with Crippen LogP contribution in [0.3, 0.4) is 0 Å². The quantitative estimate of drug-likeness (QED) is 0.891. The van der Waals surface area contributed by atoms with E-state index in [-0.39, 0.29) is 11.7 Å². The number of furan rings is 1. The molecule has 0 spiro atoms. The molecule has 2 N–H and O–H groups in total. The molecule has 2 aromatic heterocycles. The molecule has 3 rings (SSSR count). The average Bonchev–Trinajstić information content (AvgIpc) is 3.19. The van der Waals surface area contributed by atoms with E-state index in [2.05, 4.69) is 10.5 Å². The van der Waals surface area contributed by atoms with Crippen molar-refractivity contribution in [1.82, 2.24) is 10.5 Å². The maximum absolute atomic E-state index is 12.1. The van der Waals surface area contributed by atoms with Crippen molar-refractivity contribution >= 4 is 11.9 Å². The number of carboxylic acid groups (broad SMARTS) is 1. The molecule has 110 valence electrons. The molecule has 2 aromatic rings. The van der Waals surface area contributed by atoms with Gasteiger partial charge in [-0.2, -0.15) is 0 Å². The molecule has 2 unspecified atom stereocenters. The SMILES string of the molecule is O=C(NC1CCCC1C(=O)O)c1cc(-c2ccco2)on1. The number of aromatic nitrogens is 1. The van der Waals surface area contributed by atoms with E-state index in [1.54, 1.807) is 12.1 Å².